The quantitative estimate of drug-likeness (QED) is 0.744. The number of anilines is 1. The van der Waals surface area contributed by atoms with Crippen molar-refractivity contribution in [1.82, 2.24) is 0 Å². The fourth-order valence-electron chi connectivity index (χ4n) is 1.63. The van der Waals surface area contributed by atoms with Crippen molar-refractivity contribution in [3.63, 3.8) is 0 Å². The highest BCUT2D eigenvalue weighted by Crippen LogP contribution is 2.15. The topological polar surface area (TPSA) is 29.1 Å². The number of benzene rings is 1. The lowest BCUT2D eigenvalue weighted by atomic mass is 10.1. The molecule has 1 aromatic rings. The third kappa shape index (κ3) is 6.32. The van der Waals surface area contributed by atoms with Crippen LogP contribution in [0.1, 0.15) is 39.5 Å². The molecule has 0 unspecified atom stereocenters. The summed E-state index contributed by atoms with van der Waals surface area (Å²) in [6, 6.07) is 7.22. The molecular weight excluding hydrogens is 234 g/mol. The van der Waals surface area contributed by atoms with Gasteiger partial charge in [0.1, 0.15) is 0 Å². The van der Waals surface area contributed by atoms with Crippen LogP contribution >= 0.6 is 11.6 Å². The molecule has 0 atom stereocenters. The van der Waals surface area contributed by atoms with E-state index >= 15 is 0 Å². The molecule has 1 rings (SSSR count). The summed E-state index contributed by atoms with van der Waals surface area (Å²) in [5.74, 6) is 0.780. The number of rotatable bonds is 6. The van der Waals surface area contributed by atoms with E-state index in [0.29, 0.717) is 17.4 Å². The van der Waals surface area contributed by atoms with Gasteiger partial charge in [0.05, 0.1) is 0 Å². The zero-order chi connectivity index (χ0) is 12.7. The van der Waals surface area contributed by atoms with Gasteiger partial charge in [0.25, 0.3) is 0 Å². The summed E-state index contributed by atoms with van der Waals surface area (Å²) in [6.07, 6.45) is 3.83. The zero-order valence-electron chi connectivity index (χ0n) is 10.5. The van der Waals surface area contributed by atoms with Crippen LogP contribution in [-0.2, 0) is 4.79 Å². The van der Waals surface area contributed by atoms with Crippen LogP contribution in [0, 0.1) is 5.92 Å². The van der Waals surface area contributed by atoms with E-state index in [9.17, 15) is 4.79 Å². The summed E-state index contributed by atoms with van der Waals surface area (Å²) >= 11 is 5.84. The summed E-state index contributed by atoms with van der Waals surface area (Å²) in [5, 5.41) is 3.49. The van der Waals surface area contributed by atoms with Crippen LogP contribution in [0.4, 0.5) is 5.69 Å². The molecule has 1 aromatic carbocycles. The highest BCUT2D eigenvalue weighted by Gasteiger charge is 2.03. The maximum Gasteiger partial charge on any atom is 0.224 e. The second-order valence-electron chi connectivity index (χ2n) is 4.70. The molecule has 0 bridgehead atoms. The zero-order valence-corrected chi connectivity index (χ0v) is 11.3. The third-order valence-electron chi connectivity index (χ3n) is 2.54. The summed E-state index contributed by atoms with van der Waals surface area (Å²) in [4.78, 5) is 11.6. The van der Waals surface area contributed by atoms with E-state index < -0.39 is 0 Å². The Morgan fingerprint density at radius 3 is 2.76 bits per heavy atom. The molecule has 3 heteroatoms. The Morgan fingerprint density at radius 2 is 2.12 bits per heavy atom. The smallest absolute Gasteiger partial charge is 0.224 e. The number of carbonyl (C=O) groups is 1. The Bertz CT molecular complexity index is 363. The van der Waals surface area contributed by atoms with Crippen molar-refractivity contribution in [3.05, 3.63) is 29.3 Å². The molecule has 1 N–H and O–H groups in total. The van der Waals surface area contributed by atoms with E-state index in [1.165, 1.54) is 6.42 Å². The maximum absolute atomic E-state index is 11.6. The van der Waals surface area contributed by atoms with Gasteiger partial charge >= 0.3 is 0 Å². The van der Waals surface area contributed by atoms with Gasteiger partial charge in [-0.1, -0.05) is 44.4 Å². The maximum atomic E-state index is 11.6. The van der Waals surface area contributed by atoms with Crippen molar-refractivity contribution in [3.8, 4) is 0 Å². The van der Waals surface area contributed by atoms with Crippen LogP contribution in [0.25, 0.3) is 0 Å². The molecular formula is C14H20ClNO. The molecule has 0 fully saturated rings. The summed E-state index contributed by atoms with van der Waals surface area (Å²) in [6.45, 7) is 4.40. The van der Waals surface area contributed by atoms with Crippen LogP contribution in [0.5, 0.6) is 0 Å². The normalized spacial score (nSPS) is 10.6. The SMILES string of the molecule is CC(C)CCCCC(=O)Nc1cccc(Cl)c1. The van der Waals surface area contributed by atoms with E-state index in [0.717, 1.165) is 18.5 Å². The van der Waals surface area contributed by atoms with Crippen molar-refractivity contribution in [2.45, 2.75) is 39.5 Å². The standard InChI is InChI=1S/C14H20ClNO/c1-11(2)6-3-4-9-14(17)16-13-8-5-7-12(15)10-13/h5,7-8,10-11H,3-4,6,9H2,1-2H3,(H,16,17). The van der Waals surface area contributed by atoms with Gasteiger partial charge in [0.2, 0.25) is 5.91 Å². The molecule has 0 saturated heterocycles. The van der Waals surface area contributed by atoms with Gasteiger partial charge in [-0.15, -0.1) is 0 Å². The van der Waals surface area contributed by atoms with E-state index in [-0.39, 0.29) is 5.91 Å². The number of hydrogen-bond acceptors (Lipinski definition) is 1. The number of amides is 1. The molecule has 0 spiro atoms. The van der Waals surface area contributed by atoms with Crippen LogP contribution < -0.4 is 5.32 Å². The van der Waals surface area contributed by atoms with Crippen molar-refractivity contribution >= 4 is 23.2 Å². The lowest BCUT2D eigenvalue weighted by Crippen LogP contribution is -2.11. The number of nitrogens with one attached hydrogen (secondary N) is 1. The fraction of sp³-hybridized carbons (Fsp3) is 0.500. The van der Waals surface area contributed by atoms with E-state index in [1.54, 1.807) is 12.1 Å². The first kappa shape index (κ1) is 14.0. The molecule has 17 heavy (non-hydrogen) atoms. The van der Waals surface area contributed by atoms with Gasteiger partial charge in [-0.05, 0) is 30.5 Å². The first-order valence-electron chi connectivity index (χ1n) is 6.13. The minimum Gasteiger partial charge on any atom is -0.326 e. The largest absolute Gasteiger partial charge is 0.326 e. The third-order valence-corrected chi connectivity index (χ3v) is 2.78. The predicted molar refractivity (Wildman–Crippen MR) is 73.4 cm³/mol. The van der Waals surface area contributed by atoms with Crippen LogP contribution in [0.3, 0.4) is 0 Å². The number of carbonyl (C=O) groups excluding carboxylic acids is 1. The van der Waals surface area contributed by atoms with Crippen molar-refractivity contribution < 1.29 is 4.79 Å². The van der Waals surface area contributed by atoms with Crippen LogP contribution in [-0.4, -0.2) is 5.91 Å². The van der Waals surface area contributed by atoms with Gasteiger partial charge in [0, 0.05) is 17.1 Å². The molecule has 0 saturated carbocycles. The molecule has 0 aromatic heterocycles. The van der Waals surface area contributed by atoms with Crippen molar-refractivity contribution in [1.29, 1.82) is 0 Å². The van der Waals surface area contributed by atoms with E-state index in [2.05, 4.69) is 19.2 Å². The van der Waals surface area contributed by atoms with Crippen molar-refractivity contribution in [2.75, 3.05) is 5.32 Å². The minimum absolute atomic E-state index is 0.0658. The molecule has 2 nitrogen and oxygen atoms in total. The molecule has 1 amide bonds. The Morgan fingerprint density at radius 1 is 1.35 bits per heavy atom. The number of unbranched alkanes of at least 4 members (excludes halogenated alkanes) is 1. The van der Waals surface area contributed by atoms with Gasteiger partial charge < -0.3 is 5.32 Å². The Hall–Kier alpha value is -1.02. The second-order valence-corrected chi connectivity index (χ2v) is 5.13. The van der Waals surface area contributed by atoms with Crippen LogP contribution in [0.2, 0.25) is 5.02 Å². The summed E-state index contributed by atoms with van der Waals surface area (Å²) < 4.78 is 0. The average Bonchev–Trinajstić information content (AvgIpc) is 2.24. The van der Waals surface area contributed by atoms with Crippen molar-refractivity contribution in [2.24, 2.45) is 5.92 Å². The molecule has 0 aliphatic heterocycles. The summed E-state index contributed by atoms with van der Waals surface area (Å²) in [7, 11) is 0. The average molecular weight is 254 g/mol. The monoisotopic (exact) mass is 253 g/mol. The van der Waals surface area contributed by atoms with E-state index in [1.807, 2.05) is 12.1 Å². The Kier molecular flexibility index (Phi) is 6.06. The highest BCUT2D eigenvalue weighted by molar-refractivity contribution is 6.30. The first-order chi connectivity index (χ1) is 8.08. The summed E-state index contributed by atoms with van der Waals surface area (Å²) in [5.41, 5.74) is 0.770. The second kappa shape index (κ2) is 7.33. The Balaban J connectivity index is 2.25. The number of halogens is 1. The van der Waals surface area contributed by atoms with Gasteiger partial charge in [0.15, 0.2) is 0 Å². The molecule has 0 radical (unpaired) electrons. The minimum atomic E-state index is 0.0658. The first-order valence-corrected chi connectivity index (χ1v) is 6.51. The van der Waals surface area contributed by atoms with E-state index in [4.69, 9.17) is 11.6 Å². The molecule has 0 heterocycles. The highest BCUT2D eigenvalue weighted by atomic mass is 35.5. The lowest BCUT2D eigenvalue weighted by molar-refractivity contribution is -0.116. The molecule has 0 aliphatic carbocycles. The van der Waals surface area contributed by atoms with Crippen LogP contribution in [0.15, 0.2) is 24.3 Å². The Labute approximate surface area is 108 Å². The predicted octanol–water partition coefficient (Wildman–Crippen LogP) is 4.49. The van der Waals surface area contributed by atoms with Gasteiger partial charge in [-0.25, -0.2) is 0 Å². The molecule has 0 aliphatic rings. The van der Waals surface area contributed by atoms with Gasteiger partial charge in [-0.2, -0.15) is 0 Å². The lowest BCUT2D eigenvalue weighted by Gasteiger charge is -2.06. The number of hydrogen-bond donors (Lipinski definition) is 1. The fourth-order valence-corrected chi connectivity index (χ4v) is 1.82. The van der Waals surface area contributed by atoms with Gasteiger partial charge in [-0.3, -0.25) is 4.79 Å². The molecule has 94 valence electrons.